The Bertz CT molecular complexity index is 577. The summed E-state index contributed by atoms with van der Waals surface area (Å²) in [5.74, 6) is 0.146. The van der Waals surface area contributed by atoms with E-state index >= 15 is 0 Å². The van der Waals surface area contributed by atoms with Gasteiger partial charge < -0.3 is 0 Å². The summed E-state index contributed by atoms with van der Waals surface area (Å²) in [6.07, 6.45) is 7.18. The third-order valence-corrected chi connectivity index (χ3v) is 3.36. The van der Waals surface area contributed by atoms with Gasteiger partial charge in [0.05, 0.1) is 12.4 Å². The molecule has 1 heterocycles. The quantitative estimate of drug-likeness (QED) is 0.467. The van der Waals surface area contributed by atoms with E-state index in [0.29, 0.717) is 6.54 Å². The fourth-order valence-corrected chi connectivity index (χ4v) is 2.31. The average Bonchev–Trinajstić information content (AvgIpc) is 3.07. The summed E-state index contributed by atoms with van der Waals surface area (Å²) >= 11 is 0. The second-order valence-electron chi connectivity index (χ2n) is 5.56. The number of carbonyl (C=O) groups is 1. The fraction of sp³-hybridized carbons (Fsp3) is 0.526. The number of H-pyrrole nitrogens is 1. The second kappa shape index (κ2) is 11.4. The molecule has 0 aliphatic heterocycles. The molecule has 0 unspecified atom stereocenters. The summed E-state index contributed by atoms with van der Waals surface area (Å²) in [5.41, 5.74) is 3.73. The maximum absolute atomic E-state index is 12.7. The Balaban J connectivity index is 0.00000254. The number of nitrogens with one attached hydrogen (secondary N) is 1. The maximum atomic E-state index is 12.7. The zero-order chi connectivity index (χ0) is 18.7. The third kappa shape index (κ3) is 6.14. The van der Waals surface area contributed by atoms with Crippen molar-refractivity contribution in [1.29, 1.82) is 0 Å². The van der Waals surface area contributed by atoms with Crippen molar-refractivity contribution in [2.75, 3.05) is 6.54 Å². The Morgan fingerprint density at radius 1 is 1.38 bits per heavy atom. The van der Waals surface area contributed by atoms with Crippen molar-refractivity contribution in [2.24, 2.45) is 11.0 Å². The van der Waals surface area contributed by atoms with Gasteiger partial charge in [0.25, 0.3) is 5.91 Å². The highest BCUT2D eigenvalue weighted by molar-refractivity contribution is 6.09. The number of nitrogens with zero attached hydrogens (tertiary/aromatic N) is 3. The first kappa shape index (κ1) is 21.8. The largest absolute Gasteiger partial charge is 0.285 e. The number of carbonyl (C=O) groups excluding carboxylic acids is 1. The van der Waals surface area contributed by atoms with Crippen molar-refractivity contribution >= 4 is 17.7 Å². The highest BCUT2D eigenvalue weighted by atomic mass is 16.2. The van der Waals surface area contributed by atoms with Gasteiger partial charge in [-0.25, -0.2) is 5.01 Å². The van der Waals surface area contributed by atoms with Crippen molar-refractivity contribution in [3.05, 3.63) is 35.2 Å². The number of hydrogen-bond donors (Lipinski definition) is 1. The molecule has 1 rings (SSSR count). The van der Waals surface area contributed by atoms with Gasteiger partial charge in [-0.05, 0) is 33.6 Å². The molecule has 0 aliphatic carbocycles. The Morgan fingerprint density at radius 3 is 2.38 bits per heavy atom. The molecule has 5 heteroatoms. The minimum atomic E-state index is -0.0311. The zero-order valence-corrected chi connectivity index (χ0v) is 16.3. The number of hydrogen-bond acceptors (Lipinski definition) is 3. The summed E-state index contributed by atoms with van der Waals surface area (Å²) in [6.45, 7) is 16.4. The molecule has 1 aromatic rings. The first-order valence-corrected chi connectivity index (χ1v) is 8.61. The van der Waals surface area contributed by atoms with Crippen LogP contribution < -0.4 is 0 Å². The first-order valence-electron chi connectivity index (χ1n) is 8.61. The highest BCUT2D eigenvalue weighted by Gasteiger charge is 2.20. The van der Waals surface area contributed by atoms with Crippen LogP contribution in [0.25, 0.3) is 5.57 Å². The lowest BCUT2D eigenvalue weighted by Crippen LogP contribution is -2.29. The van der Waals surface area contributed by atoms with Crippen LogP contribution in [0.4, 0.5) is 0 Å². The van der Waals surface area contributed by atoms with Crippen molar-refractivity contribution in [3.63, 3.8) is 0 Å². The van der Waals surface area contributed by atoms with E-state index in [2.05, 4.69) is 15.3 Å². The number of likely N-dealkylation sites (N-methyl/N-ethyl adjacent to an activating group) is 1. The van der Waals surface area contributed by atoms with E-state index in [-0.39, 0.29) is 11.8 Å². The second-order valence-corrected chi connectivity index (χ2v) is 5.56. The molecule has 0 atom stereocenters. The van der Waals surface area contributed by atoms with Gasteiger partial charge in [-0.1, -0.05) is 39.3 Å². The van der Waals surface area contributed by atoms with E-state index in [1.54, 1.807) is 18.6 Å². The molecule has 5 nitrogen and oxygen atoms in total. The van der Waals surface area contributed by atoms with E-state index < -0.39 is 0 Å². The number of rotatable bonds is 6. The molecular formula is C19H32N4O. The Labute approximate surface area is 146 Å². The molecule has 134 valence electrons. The van der Waals surface area contributed by atoms with Crippen LogP contribution in [-0.2, 0) is 4.79 Å². The predicted octanol–water partition coefficient (Wildman–Crippen LogP) is 4.67. The van der Waals surface area contributed by atoms with Crippen LogP contribution >= 0.6 is 0 Å². The van der Waals surface area contributed by atoms with Crippen LogP contribution in [0, 0.1) is 5.92 Å². The predicted molar refractivity (Wildman–Crippen MR) is 103 cm³/mol. The van der Waals surface area contributed by atoms with Gasteiger partial charge >= 0.3 is 0 Å². The van der Waals surface area contributed by atoms with Crippen molar-refractivity contribution in [3.8, 4) is 0 Å². The van der Waals surface area contributed by atoms with E-state index in [0.717, 1.165) is 22.3 Å². The van der Waals surface area contributed by atoms with E-state index in [1.807, 2.05) is 61.5 Å². The number of amides is 1. The van der Waals surface area contributed by atoms with Gasteiger partial charge in [-0.15, -0.1) is 0 Å². The molecule has 0 saturated carbocycles. The molecule has 0 radical (unpaired) electrons. The molecule has 0 fully saturated rings. The Kier molecular flexibility index (Phi) is 10.3. The number of aromatic amines is 1. The highest BCUT2D eigenvalue weighted by Crippen LogP contribution is 2.18. The molecule has 1 N–H and O–H groups in total. The van der Waals surface area contributed by atoms with Crippen LogP contribution in [0.5, 0.6) is 0 Å². The van der Waals surface area contributed by atoms with Gasteiger partial charge in [-0.3, -0.25) is 9.89 Å². The summed E-state index contributed by atoms with van der Waals surface area (Å²) < 4.78 is 0. The molecule has 1 aromatic heterocycles. The van der Waals surface area contributed by atoms with Gasteiger partial charge in [-0.2, -0.15) is 10.2 Å². The maximum Gasteiger partial charge on any atom is 0.270 e. The molecule has 0 saturated heterocycles. The topological polar surface area (TPSA) is 61.4 Å². The standard InChI is InChI=1S/C17H26N4O.C2H6/c1-7-14(15-9-18-19-10-15)11-20-21(8-2)17(22)16(12(3)4)13(5)6;1-2/h7,9-12H,8H2,1-6H3,(H,18,19);1-2H3/b14-7-,20-11-;. The smallest absolute Gasteiger partial charge is 0.270 e. The van der Waals surface area contributed by atoms with Gasteiger partial charge in [0, 0.05) is 29.5 Å². The van der Waals surface area contributed by atoms with E-state index in [1.165, 1.54) is 5.01 Å². The molecule has 0 aromatic carbocycles. The molecular weight excluding hydrogens is 300 g/mol. The van der Waals surface area contributed by atoms with Crippen LogP contribution in [0.3, 0.4) is 0 Å². The minimum Gasteiger partial charge on any atom is -0.285 e. The number of allylic oxidation sites excluding steroid dienone is 3. The number of hydrazone groups is 1. The lowest BCUT2D eigenvalue weighted by atomic mass is 9.98. The van der Waals surface area contributed by atoms with Crippen LogP contribution in [0.15, 0.2) is 34.7 Å². The minimum absolute atomic E-state index is 0.0311. The average molecular weight is 332 g/mol. The Hall–Kier alpha value is -2.17. The SMILES string of the molecule is C/C=C(/C=N\N(CC)C(=O)C(=C(C)C)C(C)C)c1cn[nH]c1.CC. The molecule has 0 aliphatic rings. The first-order chi connectivity index (χ1) is 11.4. The zero-order valence-electron chi connectivity index (χ0n) is 16.3. The van der Waals surface area contributed by atoms with Gasteiger partial charge in [0.1, 0.15) is 0 Å². The molecule has 0 bridgehead atoms. The van der Waals surface area contributed by atoms with Crippen molar-refractivity contribution in [2.45, 2.75) is 55.4 Å². The molecule has 24 heavy (non-hydrogen) atoms. The van der Waals surface area contributed by atoms with Crippen molar-refractivity contribution in [1.82, 2.24) is 15.2 Å². The lowest BCUT2D eigenvalue weighted by Gasteiger charge is -2.20. The van der Waals surface area contributed by atoms with Crippen LogP contribution in [0.2, 0.25) is 0 Å². The summed E-state index contributed by atoms with van der Waals surface area (Å²) in [4.78, 5) is 12.7. The summed E-state index contributed by atoms with van der Waals surface area (Å²) in [5, 5.41) is 12.6. The summed E-state index contributed by atoms with van der Waals surface area (Å²) in [7, 11) is 0. The van der Waals surface area contributed by atoms with Crippen molar-refractivity contribution < 1.29 is 4.79 Å². The lowest BCUT2D eigenvalue weighted by molar-refractivity contribution is -0.127. The van der Waals surface area contributed by atoms with Crippen LogP contribution in [-0.4, -0.2) is 33.9 Å². The third-order valence-electron chi connectivity index (χ3n) is 3.36. The van der Waals surface area contributed by atoms with Crippen LogP contribution in [0.1, 0.15) is 61.0 Å². The molecule has 1 amide bonds. The van der Waals surface area contributed by atoms with E-state index in [4.69, 9.17) is 0 Å². The molecule has 0 spiro atoms. The fourth-order valence-electron chi connectivity index (χ4n) is 2.31. The monoisotopic (exact) mass is 332 g/mol. The Morgan fingerprint density at radius 2 is 2.00 bits per heavy atom. The van der Waals surface area contributed by atoms with Gasteiger partial charge in [0.15, 0.2) is 0 Å². The summed E-state index contributed by atoms with van der Waals surface area (Å²) in [6, 6.07) is 0. The van der Waals surface area contributed by atoms with E-state index in [9.17, 15) is 4.79 Å². The number of aromatic nitrogens is 2. The van der Waals surface area contributed by atoms with Gasteiger partial charge in [0.2, 0.25) is 0 Å². The normalized spacial score (nSPS) is 11.3.